The lowest BCUT2D eigenvalue weighted by molar-refractivity contribution is -0.111. The van der Waals surface area contributed by atoms with Gasteiger partial charge in [-0.1, -0.05) is 121 Å². The van der Waals surface area contributed by atoms with Crippen molar-refractivity contribution < 1.29 is 56.3 Å². The Hall–Kier alpha value is -7.11. The summed E-state index contributed by atoms with van der Waals surface area (Å²) in [7, 11) is 0. The Labute approximate surface area is 466 Å². The van der Waals surface area contributed by atoms with Crippen LogP contribution >= 0.6 is 58.4 Å². The number of thiazole rings is 3. The van der Waals surface area contributed by atoms with Crippen LogP contribution in [0.1, 0.15) is 41.5 Å². The van der Waals surface area contributed by atoms with Crippen LogP contribution in [0.5, 0.6) is 0 Å². The van der Waals surface area contributed by atoms with E-state index in [1.807, 2.05) is 49.4 Å². The van der Waals surface area contributed by atoms with Crippen molar-refractivity contribution in [3.63, 3.8) is 0 Å². The minimum Gasteiger partial charge on any atom is -0.389 e. The molecule has 0 spiro atoms. The number of benzene rings is 3. The molecule has 3 saturated heterocycles. The number of oxime groups is 3. The highest BCUT2D eigenvalue weighted by atomic mass is 32.2. The van der Waals surface area contributed by atoms with E-state index in [1.54, 1.807) is 54.7 Å². The van der Waals surface area contributed by atoms with E-state index in [4.69, 9.17) is 28.7 Å². The number of anilines is 3. The maximum atomic E-state index is 13.2. The van der Waals surface area contributed by atoms with Crippen molar-refractivity contribution in [3.05, 3.63) is 153 Å². The molecule has 0 unspecified atom stereocenters. The second kappa shape index (κ2) is 29.0. The highest BCUT2D eigenvalue weighted by Gasteiger charge is 2.24. The quantitative estimate of drug-likeness (QED) is 0.0378. The Morgan fingerprint density at radius 3 is 1.28 bits per heavy atom. The highest BCUT2D eigenvalue weighted by molar-refractivity contribution is 7.99. The molecule has 7 aromatic rings. The molecular weight excluding hydrogens is 1110 g/mol. The molecule has 0 aliphatic carbocycles. The molecule has 78 heavy (non-hydrogen) atoms. The van der Waals surface area contributed by atoms with Crippen molar-refractivity contribution in [3.8, 4) is 0 Å². The molecule has 3 atom stereocenters. The average molecular weight is 1160 g/mol. The zero-order chi connectivity index (χ0) is 54.6. The number of nitrogens with zero attached hydrogens (tertiary/aromatic N) is 7. The topological polar surface area (TPSA) is 231 Å². The number of amides is 3. The molecule has 0 saturated carbocycles. The number of aromatic nitrogens is 4. The Kier molecular flexibility index (Phi) is 21.2. The summed E-state index contributed by atoms with van der Waals surface area (Å²) in [5.74, 6) is -1.57. The second-order valence-corrected chi connectivity index (χ2v) is 21.1. The summed E-state index contributed by atoms with van der Waals surface area (Å²) in [5, 5.41) is 19.6. The lowest BCUT2D eigenvalue weighted by atomic mass is 10.1. The zero-order valence-corrected chi connectivity index (χ0v) is 45.2. The van der Waals surface area contributed by atoms with E-state index in [2.05, 4.69) is 64.0 Å². The Morgan fingerprint density at radius 1 is 0.564 bits per heavy atom. The first-order valence-electron chi connectivity index (χ1n) is 23.7. The fourth-order valence-corrected chi connectivity index (χ4v) is 9.33. The van der Waals surface area contributed by atoms with E-state index < -0.39 is 33.1 Å². The largest absolute Gasteiger partial charge is 0.389 e. The predicted octanol–water partition coefficient (Wildman–Crippen LogP) is 9.43. The third-order valence-electron chi connectivity index (χ3n) is 10.7. The summed E-state index contributed by atoms with van der Waals surface area (Å²) in [6.45, 7) is 5.08. The molecule has 0 bridgehead atoms. The molecule has 3 aliphatic rings. The van der Waals surface area contributed by atoms with Crippen LogP contribution in [0.2, 0.25) is 0 Å². The summed E-state index contributed by atoms with van der Waals surface area (Å²) >= 11 is 7.95. The Balaban J connectivity index is 0.000000156. The lowest BCUT2D eigenvalue weighted by Crippen LogP contribution is -2.25. The molecule has 19 nitrogen and oxygen atoms in total. The number of halogens is 3. The number of pyridine rings is 1. The Bertz CT molecular complexity index is 3040. The number of carbonyl (C=O) groups excluding carboxylic acids is 3. The van der Waals surface area contributed by atoms with E-state index in [0.29, 0.717) is 69.2 Å². The van der Waals surface area contributed by atoms with E-state index in [0.717, 1.165) is 79.4 Å². The summed E-state index contributed by atoms with van der Waals surface area (Å²) in [6.07, 6.45) is 6.46. The first kappa shape index (κ1) is 57.1. The summed E-state index contributed by atoms with van der Waals surface area (Å²) in [5.41, 5.74) is 3.05. The van der Waals surface area contributed by atoms with Crippen molar-refractivity contribution in [2.45, 2.75) is 59.3 Å². The van der Waals surface area contributed by atoms with Crippen LogP contribution in [0, 0.1) is 22.3 Å². The van der Waals surface area contributed by atoms with Crippen LogP contribution in [0.25, 0.3) is 0 Å². The van der Waals surface area contributed by atoms with Crippen molar-refractivity contribution in [1.29, 1.82) is 0 Å². The van der Waals surface area contributed by atoms with Gasteiger partial charge in [-0.05, 0) is 43.3 Å². The minimum absolute atomic E-state index is 0.0749. The van der Waals surface area contributed by atoms with Crippen molar-refractivity contribution in [1.82, 2.24) is 19.9 Å². The molecule has 3 fully saturated rings. The molecule has 10 rings (SSSR count). The molecule has 7 heterocycles. The number of ether oxygens (including phenoxy) is 3. The number of rotatable bonds is 17. The van der Waals surface area contributed by atoms with Gasteiger partial charge in [0.1, 0.15) is 5.03 Å². The number of hydrogen-bond acceptors (Lipinski definition) is 21. The van der Waals surface area contributed by atoms with Crippen LogP contribution in [0.4, 0.5) is 28.6 Å². The second-order valence-electron chi connectivity index (χ2n) is 16.6. The average Bonchev–Trinajstić information content (AvgIpc) is 4.32. The standard InChI is InChI=1S/C20H17FN4O3S2.C16H16FN3O3S.C15H14FN3O3S2/c21-16-11-23-20(30-16)24-19(26)18(25-28-14-8-10-27-12-14)13-4-6-15(7-5-13)29-17-3-1-2-9-22-17;1-10-2-4-11(5-3-10)14(20-23-12-6-7-22-9-12)15(21)19-16-18-8-13(17)24-16;16-12-7-17-15(24-12)18-14(20)13(9-1-3-11(23)4-2-9)19-22-10-5-6-21-8-10/h1-7,9,11,14H,8,10,12H2,(H,23,24,26);2-5,8,12H,6-7,9H2,1H3,(H,18,19,21);1-4,7,10,23H,5-6,8H2,(H,17,18,20)/b25-18+;20-14+;19-13+/t14-;12-;10-/m111/s1. The SMILES string of the molecule is Cc1ccc(/C(=N\O[C@@H]2CCOC2)C(=O)Nc2ncc(F)s2)cc1.O=C(Nc1ncc(F)s1)/C(=N/O[C@@H]1CCOC1)c1ccc(S)cc1.O=C(Nc1ncc(F)s1)/C(=N/O[C@@H]1CCOC1)c1ccc(Sc2ccccn2)cc1. The van der Waals surface area contributed by atoms with Crippen LogP contribution in [0.15, 0.2) is 146 Å². The van der Waals surface area contributed by atoms with Crippen LogP contribution in [-0.2, 0) is 43.1 Å². The molecule has 27 heteroatoms. The van der Waals surface area contributed by atoms with Gasteiger partial charge in [-0.3, -0.25) is 30.3 Å². The fourth-order valence-electron chi connectivity index (χ4n) is 6.79. The fraction of sp³-hybridized carbons (Fsp3) is 0.255. The molecular formula is C51H47F3N10O9S5. The molecule has 3 aromatic carbocycles. The van der Waals surface area contributed by atoms with Gasteiger partial charge in [0.05, 0.1) is 58.2 Å². The third kappa shape index (κ3) is 17.7. The van der Waals surface area contributed by atoms with Gasteiger partial charge >= 0.3 is 0 Å². The van der Waals surface area contributed by atoms with Crippen LogP contribution in [-0.4, -0.2) is 113 Å². The van der Waals surface area contributed by atoms with Gasteiger partial charge in [0.25, 0.3) is 17.7 Å². The molecule has 0 radical (unpaired) electrons. The maximum Gasteiger partial charge on any atom is 0.280 e. The smallest absolute Gasteiger partial charge is 0.280 e. The number of carbonyl (C=O) groups is 3. The van der Waals surface area contributed by atoms with Crippen molar-refractivity contribution in [2.75, 3.05) is 55.6 Å². The monoisotopic (exact) mass is 1160 g/mol. The molecule has 3 N–H and O–H groups in total. The first-order chi connectivity index (χ1) is 37.9. The third-order valence-corrected chi connectivity index (χ3v) is 14.1. The predicted molar refractivity (Wildman–Crippen MR) is 292 cm³/mol. The molecule has 4 aromatic heterocycles. The van der Waals surface area contributed by atoms with E-state index in [1.165, 1.54) is 11.8 Å². The zero-order valence-electron chi connectivity index (χ0n) is 41.1. The van der Waals surface area contributed by atoms with Crippen LogP contribution in [0.3, 0.4) is 0 Å². The van der Waals surface area contributed by atoms with Gasteiger partial charge in [-0.2, -0.15) is 13.2 Å². The van der Waals surface area contributed by atoms with E-state index in [9.17, 15) is 27.6 Å². The summed E-state index contributed by atoms with van der Waals surface area (Å²) in [6, 6.07) is 27.2. The van der Waals surface area contributed by atoms with Gasteiger partial charge < -0.3 is 28.7 Å². The van der Waals surface area contributed by atoms with Gasteiger partial charge in [-0.25, -0.2) is 19.9 Å². The molecule has 3 aliphatic heterocycles. The summed E-state index contributed by atoms with van der Waals surface area (Å²) < 4.78 is 55.0. The van der Waals surface area contributed by atoms with Gasteiger partial charge in [-0.15, -0.1) is 12.6 Å². The first-order valence-corrected chi connectivity index (χ1v) is 27.4. The van der Waals surface area contributed by atoms with E-state index >= 15 is 0 Å². The highest BCUT2D eigenvalue weighted by Crippen LogP contribution is 2.27. The number of nitrogens with one attached hydrogen (secondary N) is 3. The lowest BCUT2D eigenvalue weighted by Gasteiger charge is -2.10. The Morgan fingerprint density at radius 2 is 0.949 bits per heavy atom. The van der Waals surface area contributed by atoms with E-state index in [-0.39, 0.29) is 50.8 Å². The minimum atomic E-state index is -0.534. The van der Waals surface area contributed by atoms with Crippen molar-refractivity contribution >= 4 is 109 Å². The molecule has 3 amide bonds. The number of thiol groups is 1. The normalized spacial score (nSPS) is 17.2. The number of aryl methyl sites for hydroxylation is 1. The van der Waals surface area contributed by atoms with Crippen LogP contribution < -0.4 is 16.0 Å². The number of hydrogen-bond donors (Lipinski definition) is 4. The van der Waals surface area contributed by atoms with Crippen molar-refractivity contribution in [2.24, 2.45) is 15.5 Å². The summed E-state index contributed by atoms with van der Waals surface area (Å²) in [4.78, 5) is 71.5. The van der Waals surface area contributed by atoms with Gasteiger partial charge in [0.2, 0.25) is 0 Å². The van der Waals surface area contributed by atoms with Gasteiger partial charge in [0.15, 0.2) is 66.2 Å². The maximum absolute atomic E-state index is 13.2. The van der Waals surface area contributed by atoms with Gasteiger partial charge in [0, 0.05) is 51.9 Å². The molecule has 406 valence electrons.